The van der Waals surface area contributed by atoms with E-state index in [9.17, 15) is 0 Å². The van der Waals surface area contributed by atoms with Crippen LogP contribution in [0.5, 0.6) is 17.2 Å². The van der Waals surface area contributed by atoms with E-state index in [-0.39, 0.29) is 0 Å². The van der Waals surface area contributed by atoms with E-state index in [1.54, 1.807) is 14.2 Å². The number of fused-ring (bicyclic) bond motifs is 1. The molecule has 0 unspecified atom stereocenters. The first-order valence-electron chi connectivity index (χ1n) is 17.7. The zero-order chi connectivity index (χ0) is 36.9. The molecule has 0 atom stereocenters. The number of nitrogens with zero attached hydrogens (tertiary/aromatic N) is 5. The predicted octanol–water partition coefficient (Wildman–Crippen LogP) is 7.69. The average molecular weight is 715 g/mol. The summed E-state index contributed by atoms with van der Waals surface area (Å²) in [5.74, 6) is 2.66. The lowest BCUT2D eigenvalue weighted by Gasteiger charge is -2.23. The molecule has 6 aromatic rings. The summed E-state index contributed by atoms with van der Waals surface area (Å²) in [4.78, 5) is 13.8. The van der Waals surface area contributed by atoms with Crippen LogP contribution in [0, 0.1) is 0 Å². The van der Waals surface area contributed by atoms with Crippen LogP contribution >= 0.6 is 0 Å². The van der Waals surface area contributed by atoms with E-state index < -0.39 is 6.29 Å². The Hall–Kier alpha value is -5.62. The number of likely N-dealkylation sites (N-methyl/N-ethyl adjacent to an activating group) is 2. The first-order valence-corrected chi connectivity index (χ1v) is 17.7. The molecule has 1 aliphatic heterocycles. The van der Waals surface area contributed by atoms with Crippen LogP contribution in [0.1, 0.15) is 17.4 Å². The minimum Gasteiger partial charge on any atom is -0.497 e. The summed E-state index contributed by atoms with van der Waals surface area (Å²) in [6.07, 6.45) is 5.21. The number of hydrogen-bond acceptors (Lipinski definition) is 10. The highest BCUT2D eigenvalue weighted by molar-refractivity contribution is 5.98. The van der Waals surface area contributed by atoms with Crippen molar-refractivity contribution in [3.63, 3.8) is 0 Å². The maximum Gasteiger partial charge on any atom is 0.227 e. The monoisotopic (exact) mass is 714 g/mol. The molecule has 0 aliphatic carbocycles. The minimum atomic E-state index is -0.589. The molecule has 0 amide bonds. The fourth-order valence-corrected chi connectivity index (χ4v) is 6.49. The third-order valence-corrected chi connectivity index (χ3v) is 9.46. The lowest BCUT2D eigenvalue weighted by molar-refractivity contribution is -0.0457. The third kappa shape index (κ3) is 7.92. The van der Waals surface area contributed by atoms with Gasteiger partial charge in [0.05, 0.1) is 38.7 Å². The number of hydrogen-bond donors (Lipinski definition) is 1. The van der Waals surface area contributed by atoms with Gasteiger partial charge in [-0.05, 0) is 67.7 Å². The minimum absolute atomic E-state index is 0.348. The first kappa shape index (κ1) is 35.8. The van der Waals surface area contributed by atoms with Crippen molar-refractivity contribution in [3.8, 4) is 39.5 Å². The Morgan fingerprint density at radius 2 is 1.58 bits per heavy atom. The lowest BCUT2D eigenvalue weighted by atomic mass is 9.95. The molecule has 1 aliphatic rings. The van der Waals surface area contributed by atoms with Gasteiger partial charge in [0.25, 0.3) is 0 Å². The largest absolute Gasteiger partial charge is 0.497 e. The zero-order valence-corrected chi connectivity index (χ0v) is 31.1. The zero-order valence-electron chi connectivity index (χ0n) is 31.1. The van der Waals surface area contributed by atoms with Crippen LogP contribution in [0.2, 0.25) is 0 Å². The van der Waals surface area contributed by atoms with E-state index in [1.165, 1.54) is 0 Å². The van der Waals surface area contributed by atoms with Gasteiger partial charge in [-0.1, -0.05) is 30.3 Å². The summed E-state index contributed by atoms with van der Waals surface area (Å²) >= 11 is 0. The van der Waals surface area contributed by atoms with Crippen molar-refractivity contribution in [1.82, 2.24) is 19.4 Å². The van der Waals surface area contributed by atoms with Crippen LogP contribution in [0.15, 0.2) is 97.5 Å². The quantitative estimate of drug-likeness (QED) is 0.121. The topological polar surface area (TPSA) is 95.4 Å². The van der Waals surface area contributed by atoms with Crippen LogP contribution in [-0.2, 0) is 23.1 Å². The summed E-state index contributed by atoms with van der Waals surface area (Å²) in [5.41, 5.74) is 8.48. The van der Waals surface area contributed by atoms with Gasteiger partial charge in [-0.15, -0.1) is 0 Å². The predicted molar refractivity (Wildman–Crippen MR) is 209 cm³/mol. The van der Waals surface area contributed by atoms with Crippen molar-refractivity contribution in [2.75, 3.05) is 71.9 Å². The number of methoxy groups -OCH3 is 2. The van der Waals surface area contributed by atoms with E-state index in [1.807, 2.05) is 48.8 Å². The SMILES string of the molecule is COc1ccc(COc2c(-c3cn(C)c4ccccc34)cc(-c3cnc(Nc4ccc(N(C)CCN(C)C)cc4OC)nc3)cc2C2OCCO2)cc1. The molecule has 7 rings (SSSR count). The molecular formula is C42H46N6O5. The number of anilines is 3. The second-order valence-corrected chi connectivity index (χ2v) is 13.4. The van der Waals surface area contributed by atoms with Gasteiger partial charge in [0.15, 0.2) is 6.29 Å². The molecule has 1 fully saturated rings. The van der Waals surface area contributed by atoms with Gasteiger partial charge in [-0.2, -0.15) is 0 Å². The third-order valence-electron chi connectivity index (χ3n) is 9.46. The standard InChI is InChI=1S/C42H46N6O5/c1-46(2)17-18-47(3)31-13-16-37(39(23-31)50-6)45-42-43-24-30(25-44-42)29-21-34(36-26-48(4)38-10-8-7-9-33(36)38)40(35(22-29)41-51-19-20-52-41)53-27-28-11-14-32(49-5)15-12-28/h7-16,21-26,41H,17-20,27H2,1-6H3,(H,43,44,45). The van der Waals surface area contributed by atoms with Gasteiger partial charge in [-0.3, -0.25) is 0 Å². The van der Waals surface area contributed by atoms with Gasteiger partial charge in [-0.25, -0.2) is 9.97 Å². The van der Waals surface area contributed by atoms with Crippen molar-refractivity contribution in [1.29, 1.82) is 0 Å². The van der Waals surface area contributed by atoms with Crippen molar-refractivity contribution in [2.45, 2.75) is 12.9 Å². The van der Waals surface area contributed by atoms with Crippen molar-refractivity contribution in [2.24, 2.45) is 7.05 Å². The summed E-state index contributed by atoms with van der Waals surface area (Å²) in [5, 5.41) is 4.45. The number of aromatic nitrogens is 3. The highest BCUT2D eigenvalue weighted by Crippen LogP contribution is 2.45. The number of aryl methyl sites for hydroxylation is 1. The summed E-state index contributed by atoms with van der Waals surface area (Å²) in [6, 6.07) is 26.6. The molecule has 53 heavy (non-hydrogen) atoms. The Morgan fingerprint density at radius 3 is 2.30 bits per heavy atom. The molecule has 11 nitrogen and oxygen atoms in total. The molecule has 0 spiro atoms. The van der Waals surface area contributed by atoms with Crippen LogP contribution in [-0.4, -0.2) is 81.1 Å². The average Bonchev–Trinajstić information content (AvgIpc) is 3.85. The molecule has 1 N–H and O–H groups in total. The molecule has 0 radical (unpaired) electrons. The van der Waals surface area contributed by atoms with Crippen molar-refractivity contribution < 1.29 is 23.7 Å². The Bertz CT molecular complexity index is 2160. The van der Waals surface area contributed by atoms with E-state index >= 15 is 0 Å². The molecule has 3 heterocycles. The summed E-state index contributed by atoms with van der Waals surface area (Å²) in [7, 11) is 11.6. The maximum absolute atomic E-state index is 6.73. The highest BCUT2D eigenvalue weighted by Gasteiger charge is 2.27. The number of ether oxygens (including phenoxy) is 5. The van der Waals surface area contributed by atoms with E-state index in [4.69, 9.17) is 33.7 Å². The summed E-state index contributed by atoms with van der Waals surface area (Å²) < 4.78 is 32.2. The number of benzene rings is 4. The molecule has 11 heteroatoms. The Balaban J connectivity index is 1.24. The Labute approximate surface area is 310 Å². The van der Waals surface area contributed by atoms with Crippen molar-refractivity contribution >= 4 is 28.2 Å². The molecular weight excluding hydrogens is 668 g/mol. The Kier molecular flexibility index (Phi) is 10.8. The van der Waals surface area contributed by atoms with Gasteiger partial charge < -0.3 is 43.4 Å². The van der Waals surface area contributed by atoms with Gasteiger partial charge in [0, 0.05) is 85.1 Å². The van der Waals surface area contributed by atoms with Crippen molar-refractivity contribution in [3.05, 3.63) is 109 Å². The van der Waals surface area contributed by atoms with Crippen LogP contribution in [0.3, 0.4) is 0 Å². The lowest BCUT2D eigenvalue weighted by Crippen LogP contribution is -2.28. The molecule has 1 saturated heterocycles. The van der Waals surface area contributed by atoms with Gasteiger partial charge in [0.2, 0.25) is 5.95 Å². The second-order valence-electron chi connectivity index (χ2n) is 13.4. The van der Waals surface area contributed by atoms with Gasteiger partial charge in [0.1, 0.15) is 23.9 Å². The van der Waals surface area contributed by atoms with E-state index in [0.717, 1.165) is 74.5 Å². The second kappa shape index (κ2) is 16.0. The number of rotatable bonds is 14. The maximum atomic E-state index is 6.73. The van der Waals surface area contributed by atoms with E-state index in [0.29, 0.717) is 37.3 Å². The first-order chi connectivity index (χ1) is 25.8. The number of nitrogens with one attached hydrogen (secondary N) is 1. The normalized spacial score (nSPS) is 13.1. The highest BCUT2D eigenvalue weighted by atomic mass is 16.7. The van der Waals surface area contributed by atoms with E-state index in [2.05, 4.69) is 96.5 Å². The van der Waals surface area contributed by atoms with Gasteiger partial charge >= 0.3 is 0 Å². The molecule has 2 aromatic heterocycles. The smallest absolute Gasteiger partial charge is 0.227 e. The molecule has 0 saturated carbocycles. The molecule has 0 bridgehead atoms. The van der Waals surface area contributed by atoms with Crippen LogP contribution < -0.4 is 24.4 Å². The Morgan fingerprint density at radius 1 is 0.830 bits per heavy atom. The summed E-state index contributed by atoms with van der Waals surface area (Å²) in [6.45, 7) is 3.19. The fourth-order valence-electron chi connectivity index (χ4n) is 6.49. The molecule has 4 aromatic carbocycles. The fraction of sp³-hybridized carbons (Fsp3) is 0.286. The van der Waals surface area contributed by atoms with Crippen LogP contribution in [0.25, 0.3) is 33.2 Å². The number of para-hydroxylation sites is 1. The van der Waals surface area contributed by atoms with Crippen LogP contribution in [0.4, 0.5) is 17.3 Å². The molecule has 274 valence electrons.